The van der Waals surface area contributed by atoms with E-state index in [2.05, 4.69) is 25.1 Å². The molecule has 0 saturated carbocycles. The van der Waals surface area contributed by atoms with Gasteiger partial charge in [-0.05, 0) is 25.7 Å². The van der Waals surface area contributed by atoms with E-state index in [1.807, 2.05) is 0 Å². The second kappa shape index (κ2) is 13.2. The minimum absolute atomic E-state index is 0.733. The van der Waals surface area contributed by atoms with E-state index in [1.165, 1.54) is 51.4 Å². The Morgan fingerprint density at radius 2 is 1.47 bits per heavy atom. The average molecular weight is 207 g/mol. The van der Waals surface area contributed by atoms with Gasteiger partial charge in [0.2, 0.25) is 0 Å². The second-order valence-electron chi connectivity index (χ2n) is 4.08. The Labute approximate surface area is 95.2 Å². The lowest BCUT2D eigenvalue weighted by Gasteiger charge is -1.97. The Balaban J connectivity index is 2.98. The van der Waals surface area contributed by atoms with Gasteiger partial charge in [-0.2, -0.15) is 5.26 Å². The Kier molecular flexibility index (Phi) is 12.6. The number of nitrogens with zero attached hydrogens (tertiary/aromatic N) is 1. The minimum Gasteiger partial charge on any atom is -0.198 e. The summed E-state index contributed by atoms with van der Waals surface area (Å²) in [6.45, 7) is 2.23. The zero-order chi connectivity index (χ0) is 11.2. The molecular formula is C14H25N. The van der Waals surface area contributed by atoms with Crippen LogP contribution in [-0.4, -0.2) is 0 Å². The lowest BCUT2D eigenvalue weighted by molar-refractivity contribution is 0.623. The van der Waals surface area contributed by atoms with Crippen LogP contribution in [0.1, 0.15) is 71.1 Å². The highest BCUT2D eigenvalue weighted by Crippen LogP contribution is 2.07. The zero-order valence-electron chi connectivity index (χ0n) is 10.2. The topological polar surface area (TPSA) is 23.8 Å². The van der Waals surface area contributed by atoms with Crippen molar-refractivity contribution in [2.75, 3.05) is 0 Å². The van der Waals surface area contributed by atoms with Crippen molar-refractivity contribution in [3.8, 4) is 6.07 Å². The van der Waals surface area contributed by atoms with E-state index in [0.29, 0.717) is 0 Å². The molecule has 0 bridgehead atoms. The van der Waals surface area contributed by atoms with Crippen LogP contribution in [0.5, 0.6) is 0 Å². The van der Waals surface area contributed by atoms with Crippen LogP contribution in [-0.2, 0) is 0 Å². The average Bonchev–Trinajstić information content (AvgIpc) is 2.26. The van der Waals surface area contributed by atoms with E-state index in [4.69, 9.17) is 5.26 Å². The van der Waals surface area contributed by atoms with Crippen LogP contribution < -0.4 is 0 Å². The van der Waals surface area contributed by atoms with Crippen LogP contribution in [0.15, 0.2) is 12.2 Å². The Morgan fingerprint density at radius 3 is 2.13 bits per heavy atom. The van der Waals surface area contributed by atoms with Gasteiger partial charge in [-0.25, -0.2) is 0 Å². The second-order valence-corrected chi connectivity index (χ2v) is 4.08. The monoisotopic (exact) mass is 207 g/mol. The maximum Gasteiger partial charge on any atom is 0.0621 e. The molecule has 86 valence electrons. The van der Waals surface area contributed by atoms with Crippen molar-refractivity contribution in [1.29, 1.82) is 5.26 Å². The number of hydrogen-bond acceptors (Lipinski definition) is 1. The molecule has 0 aliphatic rings. The van der Waals surface area contributed by atoms with E-state index >= 15 is 0 Å². The number of hydrogen-bond donors (Lipinski definition) is 0. The fraction of sp³-hybridized carbons (Fsp3) is 0.786. The highest BCUT2D eigenvalue weighted by Gasteiger charge is 1.89. The Hall–Kier alpha value is -0.770. The lowest BCUT2D eigenvalue weighted by atomic mass is 10.1. The van der Waals surface area contributed by atoms with Gasteiger partial charge in [0.05, 0.1) is 6.07 Å². The van der Waals surface area contributed by atoms with Crippen molar-refractivity contribution in [2.24, 2.45) is 0 Å². The molecule has 0 aliphatic heterocycles. The molecule has 0 N–H and O–H groups in total. The molecule has 0 fully saturated rings. The van der Waals surface area contributed by atoms with Crippen molar-refractivity contribution in [3.63, 3.8) is 0 Å². The van der Waals surface area contributed by atoms with Crippen LogP contribution in [0.3, 0.4) is 0 Å². The van der Waals surface area contributed by atoms with Gasteiger partial charge in [0.25, 0.3) is 0 Å². The molecule has 0 rings (SSSR count). The molecule has 0 aromatic rings. The molecule has 0 heterocycles. The van der Waals surface area contributed by atoms with E-state index in [-0.39, 0.29) is 0 Å². The maximum absolute atomic E-state index is 8.35. The van der Waals surface area contributed by atoms with Gasteiger partial charge in [0.15, 0.2) is 0 Å². The predicted molar refractivity (Wildman–Crippen MR) is 66.6 cm³/mol. The van der Waals surface area contributed by atoms with Gasteiger partial charge in [-0.15, -0.1) is 0 Å². The van der Waals surface area contributed by atoms with Crippen LogP contribution in [0.4, 0.5) is 0 Å². The predicted octanol–water partition coefficient (Wildman–Crippen LogP) is 4.99. The summed E-state index contributed by atoms with van der Waals surface area (Å²) < 4.78 is 0. The normalized spacial score (nSPS) is 10.7. The van der Waals surface area contributed by atoms with E-state index < -0.39 is 0 Å². The van der Waals surface area contributed by atoms with Crippen LogP contribution in [0.25, 0.3) is 0 Å². The Bertz CT molecular complexity index is 176. The summed E-state index contributed by atoms with van der Waals surface area (Å²) in [5.74, 6) is 0. The molecule has 0 saturated heterocycles. The number of unbranched alkanes of at least 4 members (excludes halogenated alkanes) is 8. The molecule has 0 atom stereocenters. The van der Waals surface area contributed by atoms with Gasteiger partial charge in [-0.3, -0.25) is 0 Å². The van der Waals surface area contributed by atoms with Crippen LogP contribution >= 0.6 is 0 Å². The zero-order valence-corrected chi connectivity index (χ0v) is 10.2. The quantitative estimate of drug-likeness (QED) is 0.366. The van der Waals surface area contributed by atoms with Crippen molar-refractivity contribution >= 4 is 0 Å². The van der Waals surface area contributed by atoms with Crippen molar-refractivity contribution < 1.29 is 0 Å². The first kappa shape index (κ1) is 14.2. The summed E-state index contributed by atoms with van der Waals surface area (Å²) in [6, 6.07) is 2.19. The standard InChI is InChI=1S/C14H25N/c1-2-3-4-5-6-7-8-9-10-11-12-13-14-15/h5-6H,2-4,7-13H2,1H3/b6-5-. The summed E-state index contributed by atoms with van der Waals surface area (Å²) in [6.07, 6.45) is 16.7. The van der Waals surface area contributed by atoms with Gasteiger partial charge in [-0.1, -0.05) is 51.2 Å². The highest BCUT2D eigenvalue weighted by molar-refractivity contribution is 4.81. The van der Waals surface area contributed by atoms with Crippen LogP contribution in [0, 0.1) is 11.3 Å². The molecule has 0 aliphatic carbocycles. The summed E-state index contributed by atoms with van der Waals surface area (Å²) in [4.78, 5) is 0. The third-order valence-corrected chi connectivity index (χ3v) is 2.55. The van der Waals surface area contributed by atoms with Gasteiger partial charge >= 0.3 is 0 Å². The molecule has 1 nitrogen and oxygen atoms in total. The molecule has 1 heteroatoms. The SMILES string of the molecule is CCCC/C=C\CCCCCCCC#N. The molecule has 0 radical (unpaired) electrons. The van der Waals surface area contributed by atoms with Crippen molar-refractivity contribution in [1.82, 2.24) is 0 Å². The molecule has 0 aromatic carbocycles. The third kappa shape index (κ3) is 13.2. The maximum atomic E-state index is 8.35. The fourth-order valence-electron chi connectivity index (χ4n) is 1.55. The number of rotatable bonds is 10. The first-order chi connectivity index (χ1) is 7.41. The van der Waals surface area contributed by atoms with Gasteiger partial charge in [0, 0.05) is 6.42 Å². The lowest BCUT2D eigenvalue weighted by Crippen LogP contribution is -1.78. The minimum atomic E-state index is 0.733. The largest absolute Gasteiger partial charge is 0.198 e. The highest BCUT2D eigenvalue weighted by atomic mass is 14.2. The summed E-state index contributed by atoms with van der Waals surface area (Å²) in [7, 11) is 0. The molecule has 15 heavy (non-hydrogen) atoms. The first-order valence-corrected chi connectivity index (χ1v) is 6.43. The number of nitriles is 1. The number of allylic oxidation sites excluding steroid dienone is 2. The summed E-state index contributed by atoms with van der Waals surface area (Å²) in [5, 5.41) is 8.35. The summed E-state index contributed by atoms with van der Waals surface area (Å²) >= 11 is 0. The van der Waals surface area contributed by atoms with Crippen molar-refractivity contribution in [3.05, 3.63) is 12.2 Å². The Morgan fingerprint density at radius 1 is 0.867 bits per heavy atom. The van der Waals surface area contributed by atoms with Gasteiger partial charge in [0.1, 0.15) is 0 Å². The smallest absolute Gasteiger partial charge is 0.0621 e. The van der Waals surface area contributed by atoms with E-state index in [9.17, 15) is 0 Å². The molecule has 0 amide bonds. The third-order valence-electron chi connectivity index (χ3n) is 2.55. The molecule has 0 spiro atoms. The van der Waals surface area contributed by atoms with E-state index in [1.54, 1.807) is 0 Å². The van der Waals surface area contributed by atoms with E-state index in [0.717, 1.165) is 12.8 Å². The first-order valence-electron chi connectivity index (χ1n) is 6.43. The van der Waals surface area contributed by atoms with Crippen molar-refractivity contribution in [2.45, 2.75) is 71.1 Å². The molecule has 0 aromatic heterocycles. The molecular weight excluding hydrogens is 182 g/mol. The van der Waals surface area contributed by atoms with Gasteiger partial charge < -0.3 is 0 Å². The fourth-order valence-corrected chi connectivity index (χ4v) is 1.55. The van der Waals surface area contributed by atoms with Crippen LogP contribution in [0.2, 0.25) is 0 Å². The molecule has 0 unspecified atom stereocenters. The summed E-state index contributed by atoms with van der Waals surface area (Å²) in [5.41, 5.74) is 0.